The first-order chi connectivity index (χ1) is 15.9. The summed E-state index contributed by atoms with van der Waals surface area (Å²) in [5.41, 5.74) is 0.842. The van der Waals surface area contributed by atoms with Crippen molar-refractivity contribution in [3.8, 4) is 5.75 Å². The number of rotatable bonds is 6. The minimum absolute atomic E-state index is 0.00814. The number of hydrogen-bond acceptors (Lipinski definition) is 9. The highest BCUT2D eigenvalue weighted by molar-refractivity contribution is 5.95. The number of aldehydes is 1. The molecule has 12 nitrogen and oxygen atoms in total. The van der Waals surface area contributed by atoms with Crippen LogP contribution in [0.5, 0.6) is 5.75 Å². The molecule has 4 rings (SSSR count). The topological polar surface area (TPSA) is 129 Å². The number of anilines is 2. The van der Waals surface area contributed by atoms with Crippen molar-refractivity contribution in [1.29, 1.82) is 0 Å². The molecule has 0 aromatic carbocycles. The molecule has 1 aliphatic rings. The zero-order valence-electron chi connectivity index (χ0n) is 18.8. The predicted molar refractivity (Wildman–Crippen MR) is 121 cm³/mol. The zero-order valence-corrected chi connectivity index (χ0v) is 18.8. The SMILES string of the molecule is CCc1c(N2CCN(C(=O)c3ncccc3O)CC2)c(=O)n2nc(N(C)C)nc2n1CC=O. The van der Waals surface area contributed by atoms with E-state index in [4.69, 9.17) is 0 Å². The molecule has 0 atom stereocenters. The summed E-state index contributed by atoms with van der Waals surface area (Å²) in [6.07, 6.45) is 2.74. The predicted octanol–water partition coefficient (Wildman–Crippen LogP) is -0.219. The van der Waals surface area contributed by atoms with Gasteiger partial charge in [-0.05, 0) is 18.6 Å². The summed E-state index contributed by atoms with van der Waals surface area (Å²) in [7, 11) is 3.56. The number of nitrogens with zero attached hydrogens (tertiary/aromatic N) is 8. The summed E-state index contributed by atoms with van der Waals surface area (Å²) in [6, 6.07) is 2.98. The van der Waals surface area contributed by atoms with Gasteiger partial charge in [-0.3, -0.25) is 9.59 Å². The molecule has 3 aromatic rings. The maximum atomic E-state index is 13.5. The van der Waals surface area contributed by atoms with E-state index >= 15 is 0 Å². The van der Waals surface area contributed by atoms with Crippen LogP contribution < -0.4 is 15.4 Å². The largest absolute Gasteiger partial charge is 0.505 e. The third-order valence-corrected chi connectivity index (χ3v) is 5.68. The van der Waals surface area contributed by atoms with Crippen molar-refractivity contribution in [2.45, 2.75) is 19.9 Å². The Balaban J connectivity index is 1.69. The molecule has 0 unspecified atom stereocenters. The Morgan fingerprint density at radius 3 is 2.58 bits per heavy atom. The second-order valence-electron chi connectivity index (χ2n) is 7.90. The van der Waals surface area contributed by atoms with E-state index < -0.39 is 0 Å². The molecule has 33 heavy (non-hydrogen) atoms. The van der Waals surface area contributed by atoms with E-state index in [-0.39, 0.29) is 29.5 Å². The first-order valence-electron chi connectivity index (χ1n) is 10.7. The lowest BCUT2D eigenvalue weighted by Gasteiger charge is -2.36. The molecular weight excluding hydrogens is 428 g/mol. The van der Waals surface area contributed by atoms with Crippen molar-refractivity contribution in [2.75, 3.05) is 50.1 Å². The molecule has 0 radical (unpaired) electrons. The number of hydrogen-bond donors (Lipinski definition) is 1. The number of aromatic hydroxyl groups is 1. The lowest BCUT2D eigenvalue weighted by molar-refractivity contribution is -0.108. The molecule has 0 bridgehead atoms. The van der Waals surface area contributed by atoms with Crippen LogP contribution >= 0.6 is 0 Å². The first kappa shape index (κ1) is 22.2. The minimum Gasteiger partial charge on any atom is -0.505 e. The Hall–Kier alpha value is -3.96. The van der Waals surface area contributed by atoms with Gasteiger partial charge in [0.05, 0.1) is 12.2 Å². The van der Waals surface area contributed by atoms with Gasteiger partial charge in [-0.15, -0.1) is 5.10 Å². The van der Waals surface area contributed by atoms with Gasteiger partial charge in [0, 0.05) is 46.5 Å². The van der Waals surface area contributed by atoms with Crippen molar-refractivity contribution in [3.05, 3.63) is 40.1 Å². The van der Waals surface area contributed by atoms with Crippen LogP contribution in [0, 0.1) is 0 Å². The Morgan fingerprint density at radius 1 is 1.24 bits per heavy atom. The van der Waals surface area contributed by atoms with E-state index in [9.17, 15) is 19.5 Å². The van der Waals surface area contributed by atoms with Crippen LogP contribution in [0.3, 0.4) is 0 Å². The highest BCUT2D eigenvalue weighted by Gasteiger charge is 2.29. The second kappa shape index (κ2) is 8.88. The number of carbonyl (C=O) groups is 2. The molecule has 12 heteroatoms. The molecule has 0 saturated carbocycles. The Bertz CT molecular complexity index is 1260. The fourth-order valence-corrected chi connectivity index (χ4v) is 4.05. The van der Waals surface area contributed by atoms with Crippen molar-refractivity contribution >= 4 is 29.6 Å². The van der Waals surface area contributed by atoms with Crippen LogP contribution in [0.15, 0.2) is 23.1 Å². The number of piperazine rings is 1. The van der Waals surface area contributed by atoms with E-state index in [1.807, 2.05) is 11.8 Å². The monoisotopic (exact) mass is 454 g/mol. The van der Waals surface area contributed by atoms with Gasteiger partial charge in [-0.2, -0.15) is 9.50 Å². The molecule has 1 saturated heterocycles. The maximum absolute atomic E-state index is 13.5. The van der Waals surface area contributed by atoms with Crippen LogP contribution in [0.2, 0.25) is 0 Å². The van der Waals surface area contributed by atoms with E-state index in [0.29, 0.717) is 55.7 Å². The van der Waals surface area contributed by atoms with E-state index in [0.717, 1.165) is 6.29 Å². The molecular formula is C21H26N8O4. The average Bonchev–Trinajstić information content (AvgIpc) is 3.27. The van der Waals surface area contributed by atoms with E-state index in [1.54, 1.807) is 34.5 Å². The Morgan fingerprint density at radius 2 is 1.97 bits per heavy atom. The molecule has 0 aliphatic carbocycles. The van der Waals surface area contributed by atoms with Gasteiger partial charge >= 0.3 is 0 Å². The number of aromatic nitrogens is 5. The molecule has 3 aromatic heterocycles. The number of carbonyl (C=O) groups excluding carboxylic acids is 2. The molecule has 174 valence electrons. The van der Waals surface area contributed by atoms with Crippen molar-refractivity contribution in [1.82, 2.24) is 29.0 Å². The summed E-state index contributed by atoms with van der Waals surface area (Å²) in [6.45, 7) is 3.48. The van der Waals surface area contributed by atoms with Gasteiger partial charge in [-0.25, -0.2) is 4.98 Å². The second-order valence-corrected chi connectivity index (χ2v) is 7.90. The van der Waals surface area contributed by atoms with E-state index in [1.165, 1.54) is 16.8 Å². The average molecular weight is 454 g/mol. The van der Waals surface area contributed by atoms with Crippen LogP contribution in [-0.2, 0) is 17.8 Å². The molecule has 4 heterocycles. The molecule has 1 amide bonds. The van der Waals surface area contributed by atoms with Crippen molar-refractivity contribution < 1.29 is 14.7 Å². The highest BCUT2D eigenvalue weighted by atomic mass is 16.3. The summed E-state index contributed by atoms with van der Waals surface area (Å²) >= 11 is 0. The van der Waals surface area contributed by atoms with Gasteiger partial charge in [-0.1, -0.05) is 6.92 Å². The fraction of sp³-hybridized carbons (Fsp3) is 0.429. The highest BCUT2D eigenvalue weighted by Crippen LogP contribution is 2.23. The Kier molecular flexibility index (Phi) is 5.99. The van der Waals surface area contributed by atoms with Crippen LogP contribution in [0.4, 0.5) is 11.6 Å². The Labute approximate surface area is 189 Å². The normalized spacial score (nSPS) is 14.0. The van der Waals surface area contributed by atoms with Crippen molar-refractivity contribution in [2.24, 2.45) is 0 Å². The lowest BCUT2D eigenvalue weighted by Crippen LogP contribution is -2.51. The molecule has 0 spiro atoms. The van der Waals surface area contributed by atoms with Crippen LogP contribution in [-0.4, -0.2) is 86.6 Å². The third-order valence-electron chi connectivity index (χ3n) is 5.68. The minimum atomic E-state index is -0.357. The third kappa shape index (κ3) is 3.88. The van der Waals surface area contributed by atoms with Crippen LogP contribution in [0.25, 0.3) is 5.78 Å². The van der Waals surface area contributed by atoms with Gasteiger partial charge in [0.1, 0.15) is 17.7 Å². The summed E-state index contributed by atoms with van der Waals surface area (Å²) in [5, 5.41) is 14.3. The fourth-order valence-electron chi connectivity index (χ4n) is 4.05. The molecule has 1 fully saturated rings. The number of fused-ring (bicyclic) bond motifs is 1. The quantitative estimate of drug-likeness (QED) is 0.503. The van der Waals surface area contributed by atoms with E-state index in [2.05, 4.69) is 15.1 Å². The first-order valence-corrected chi connectivity index (χ1v) is 10.7. The smallest absolute Gasteiger partial charge is 0.299 e. The van der Waals surface area contributed by atoms with Gasteiger partial charge in [0.2, 0.25) is 11.7 Å². The number of amides is 1. The maximum Gasteiger partial charge on any atom is 0.299 e. The standard InChI is InChI=1S/C21H26N8O4/c1-4-14-17(19(33)29-21(28(14)12-13-30)23-20(24-29)25(2)3)26-8-10-27(11-9-26)18(32)16-15(31)6-5-7-22-16/h5-7,13,31H,4,8-12H2,1-3H3. The summed E-state index contributed by atoms with van der Waals surface area (Å²) < 4.78 is 2.95. The zero-order chi connectivity index (χ0) is 23.7. The molecule has 1 aliphatic heterocycles. The van der Waals surface area contributed by atoms with Crippen molar-refractivity contribution in [3.63, 3.8) is 0 Å². The lowest BCUT2D eigenvalue weighted by atomic mass is 10.2. The van der Waals surface area contributed by atoms with Gasteiger partial charge < -0.3 is 29.2 Å². The van der Waals surface area contributed by atoms with Gasteiger partial charge in [0.15, 0.2) is 5.69 Å². The van der Waals surface area contributed by atoms with Gasteiger partial charge in [0.25, 0.3) is 11.5 Å². The molecule has 1 N–H and O–H groups in total. The van der Waals surface area contributed by atoms with Crippen LogP contribution in [0.1, 0.15) is 23.1 Å². The number of pyridine rings is 1. The summed E-state index contributed by atoms with van der Waals surface area (Å²) in [4.78, 5) is 51.3. The summed E-state index contributed by atoms with van der Waals surface area (Å²) in [5.74, 6) is 0.167.